The summed E-state index contributed by atoms with van der Waals surface area (Å²) in [4.78, 5) is 0. The van der Waals surface area contributed by atoms with Crippen molar-refractivity contribution < 1.29 is 5.11 Å². The first kappa shape index (κ1) is 13.0. The molecule has 0 aliphatic heterocycles. The van der Waals surface area contributed by atoms with Gasteiger partial charge in [0, 0.05) is 5.56 Å². The average molecular weight is 271 g/mol. The third-order valence-electron chi connectivity index (χ3n) is 3.42. The van der Waals surface area contributed by atoms with Crippen LogP contribution in [0.3, 0.4) is 0 Å². The Labute approximate surface area is 123 Å². The highest BCUT2D eigenvalue weighted by molar-refractivity contribution is 5.80. The lowest BCUT2D eigenvalue weighted by molar-refractivity contribution is 0.475. The molecule has 0 saturated heterocycles. The van der Waals surface area contributed by atoms with Gasteiger partial charge in [0.2, 0.25) is 0 Å². The first-order chi connectivity index (χ1) is 10.3. The molecule has 0 saturated carbocycles. The van der Waals surface area contributed by atoms with Gasteiger partial charge in [-0.3, -0.25) is 0 Å². The Morgan fingerprint density at radius 1 is 0.714 bits per heavy atom. The molecule has 3 rings (SSSR count). The van der Waals surface area contributed by atoms with Crippen molar-refractivity contribution in [1.29, 1.82) is 5.26 Å². The SMILES string of the molecule is N#Cc1cc(-c2ccccc2)cc(-c2ccccc2)c1O. The van der Waals surface area contributed by atoms with Crippen LogP contribution >= 0.6 is 0 Å². The van der Waals surface area contributed by atoms with Crippen LogP contribution in [0.2, 0.25) is 0 Å². The lowest BCUT2D eigenvalue weighted by atomic mass is 9.95. The number of hydrogen-bond donors (Lipinski definition) is 1. The molecule has 0 heterocycles. The van der Waals surface area contributed by atoms with Gasteiger partial charge in [0.1, 0.15) is 11.8 Å². The summed E-state index contributed by atoms with van der Waals surface area (Å²) in [5, 5.41) is 19.5. The Kier molecular flexibility index (Phi) is 3.41. The number of nitriles is 1. The van der Waals surface area contributed by atoms with Crippen molar-refractivity contribution in [1.82, 2.24) is 0 Å². The molecule has 0 aliphatic carbocycles. The standard InChI is InChI=1S/C19H13NO/c20-13-17-11-16(14-7-3-1-4-8-14)12-18(19(17)21)15-9-5-2-6-10-15/h1-12,21H. The zero-order valence-corrected chi connectivity index (χ0v) is 11.3. The van der Waals surface area contributed by atoms with E-state index in [0.29, 0.717) is 5.56 Å². The number of rotatable bonds is 2. The van der Waals surface area contributed by atoms with Crippen molar-refractivity contribution in [3.05, 3.63) is 78.4 Å². The number of benzene rings is 3. The van der Waals surface area contributed by atoms with Crippen LogP contribution in [0.5, 0.6) is 5.75 Å². The van der Waals surface area contributed by atoms with Crippen molar-refractivity contribution in [2.75, 3.05) is 0 Å². The minimum Gasteiger partial charge on any atom is -0.506 e. The topological polar surface area (TPSA) is 44.0 Å². The molecule has 0 aliphatic rings. The number of aromatic hydroxyl groups is 1. The first-order valence-corrected chi connectivity index (χ1v) is 6.67. The van der Waals surface area contributed by atoms with Gasteiger partial charge in [-0.15, -0.1) is 0 Å². The maximum absolute atomic E-state index is 10.3. The normalized spacial score (nSPS) is 10.0. The summed E-state index contributed by atoms with van der Waals surface area (Å²) in [6, 6.07) is 25.1. The summed E-state index contributed by atoms with van der Waals surface area (Å²) in [6.45, 7) is 0. The van der Waals surface area contributed by atoms with Crippen molar-refractivity contribution in [3.63, 3.8) is 0 Å². The van der Waals surface area contributed by atoms with Gasteiger partial charge >= 0.3 is 0 Å². The van der Waals surface area contributed by atoms with E-state index in [9.17, 15) is 10.4 Å². The van der Waals surface area contributed by atoms with Gasteiger partial charge in [0.15, 0.2) is 0 Å². The van der Waals surface area contributed by atoms with Crippen molar-refractivity contribution in [2.45, 2.75) is 0 Å². The van der Waals surface area contributed by atoms with Gasteiger partial charge in [-0.2, -0.15) is 5.26 Å². The monoisotopic (exact) mass is 271 g/mol. The van der Waals surface area contributed by atoms with E-state index in [1.54, 1.807) is 6.07 Å². The summed E-state index contributed by atoms with van der Waals surface area (Å²) in [6.07, 6.45) is 0. The Bertz CT molecular complexity index is 802. The van der Waals surface area contributed by atoms with Crippen LogP contribution in [0.25, 0.3) is 22.3 Å². The summed E-state index contributed by atoms with van der Waals surface area (Å²) in [5.74, 6) is 0.0309. The van der Waals surface area contributed by atoms with Crippen molar-refractivity contribution in [3.8, 4) is 34.1 Å². The van der Waals surface area contributed by atoms with E-state index >= 15 is 0 Å². The lowest BCUT2D eigenvalue weighted by Gasteiger charge is -2.10. The van der Waals surface area contributed by atoms with E-state index in [2.05, 4.69) is 6.07 Å². The molecule has 0 amide bonds. The van der Waals surface area contributed by atoms with Crippen molar-refractivity contribution >= 4 is 0 Å². The lowest BCUT2D eigenvalue weighted by Crippen LogP contribution is -1.87. The van der Waals surface area contributed by atoms with E-state index in [4.69, 9.17) is 0 Å². The molecule has 21 heavy (non-hydrogen) atoms. The van der Waals surface area contributed by atoms with Gasteiger partial charge in [-0.25, -0.2) is 0 Å². The Hall–Kier alpha value is -3.05. The van der Waals surface area contributed by atoms with Crippen LogP contribution < -0.4 is 0 Å². The van der Waals surface area contributed by atoms with Crippen LogP contribution in [0, 0.1) is 11.3 Å². The van der Waals surface area contributed by atoms with E-state index in [1.807, 2.05) is 66.7 Å². The maximum atomic E-state index is 10.3. The Balaban J connectivity index is 2.24. The summed E-state index contributed by atoms with van der Waals surface area (Å²) in [7, 11) is 0. The van der Waals surface area contributed by atoms with Crippen LogP contribution in [-0.2, 0) is 0 Å². The highest BCUT2D eigenvalue weighted by Crippen LogP contribution is 2.36. The minimum absolute atomic E-state index is 0.0309. The molecule has 0 unspecified atom stereocenters. The van der Waals surface area contributed by atoms with Gasteiger partial charge in [-0.05, 0) is 28.8 Å². The van der Waals surface area contributed by atoms with Gasteiger partial charge in [0.25, 0.3) is 0 Å². The van der Waals surface area contributed by atoms with E-state index in [0.717, 1.165) is 16.7 Å². The summed E-state index contributed by atoms with van der Waals surface area (Å²) >= 11 is 0. The molecule has 3 aromatic carbocycles. The predicted molar refractivity (Wildman–Crippen MR) is 83.7 cm³/mol. The second kappa shape index (κ2) is 5.52. The number of phenols is 1. The zero-order chi connectivity index (χ0) is 14.7. The van der Waals surface area contributed by atoms with E-state index in [1.165, 1.54) is 0 Å². The minimum atomic E-state index is 0.0309. The first-order valence-electron chi connectivity index (χ1n) is 6.67. The number of phenolic OH excluding ortho intramolecular Hbond substituents is 1. The molecule has 0 spiro atoms. The van der Waals surface area contributed by atoms with Crippen LogP contribution in [0.4, 0.5) is 0 Å². The third-order valence-corrected chi connectivity index (χ3v) is 3.42. The van der Waals surface area contributed by atoms with Crippen LogP contribution in [0.1, 0.15) is 5.56 Å². The highest BCUT2D eigenvalue weighted by Gasteiger charge is 2.12. The molecule has 2 nitrogen and oxygen atoms in total. The molecule has 1 N–H and O–H groups in total. The predicted octanol–water partition coefficient (Wildman–Crippen LogP) is 4.60. The molecule has 0 radical (unpaired) electrons. The molecule has 2 heteroatoms. The second-order valence-electron chi connectivity index (χ2n) is 4.76. The van der Waals surface area contributed by atoms with Crippen LogP contribution in [-0.4, -0.2) is 5.11 Å². The fourth-order valence-corrected chi connectivity index (χ4v) is 2.35. The number of nitrogens with zero attached hydrogens (tertiary/aromatic N) is 1. The fourth-order valence-electron chi connectivity index (χ4n) is 2.35. The second-order valence-corrected chi connectivity index (χ2v) is 4.76. The van der Waals surface area contributed by atoms with Gasteiger partial charge in [-0.1, -0.05) is 60.7 Å². The summed E-state index contributed by atoms with van der Waals surface area (Å²) < 4.78 is 0. The quantitative estimate of drug-likeness (QED) is 0.740. The molecular formula is C19H13NO. The average Bonchev–Trinajstić information content (AvgIpc) is 2.56. The molecule has 0 fully saturated rings. The number of hydrogen-bond acceptors (Lipinski definition) is 2. The van der Waals surface area contributed by atoms with E-state index < -0.39 is 0 Å². The van der Waals surface area contributed by atoms with Gasteiger partial charge in [0.05, 0.1) is 5.56 Å². The molecule has 0 bridgehead atoms. The third kappa shape index (κ3) is 2.50. The molecular weight excluding hydrogens is 258 g/mol. The molecule has 0 aromatic heterocycles. The largest absolute Gasteiger partial charge is 0.506 e. The van der Waals surface area contributed by atoms with E-state index in [-0.39, 0.29) is 11.3 Å². The van der Waals surface area contributed by atoms with Gasteiger partial charge < -0.3 is 5.11 Å². The summed E-state index contributed by atoms with van der Waals surface area (Å²) in [5.41, 5.74) is 3.79. The zero-order valence-electron chi connectivity index (χ0n) is 11.3. The van der Waals surface area contributed by atoms with Crippen LogP contribution in [0.15, 0.2) is 72.8 Å². The molecule has 0 atom stereocenters. The fraction of sp³-hybridized carbons (Fsp3) is 0. The van der Waals surface area contributed by atoms with Crippen molar-refractivity contribution in [2.24, 2.45) is 0 Å². The smallest absolute Gasteiger partial charge is 0.141 e. The Morgan fingerprint density at radius 2 is 1.29 bits per heavy atom. The highest BCUT2D eigenvalue weighted by atomic mass is 16.3. The maximum Gasteiger partial charge on any atom is 0.141 e. The molecule has 100 valence electrons. The Morgan fingerprint density at radius 3 is 1.86 bits per heavy atom. The molecule has 3 aromatic rings.